The van der Waals surface area contributed by atoms with Crippen LogP contribution in [-0.2, 0) is 9.47 Å². The van der Waals surface area contributed by atoms with Gasteiger partial charge in [-0.2, -0.15) is 0 Å². The summed E-state index contributed by atoms with van der Waals surface area (Å²) in [4.78, 5) is 11.6. The molecule has 1 rings (SSSR count). The summed E-state index contributed by atoms with van der Waals surface area (Å²) in [6.07, 6.45) is 0. The van der Waals surface area contributed by atoms with Gasteiger partial charge in [-0.25, -0.2) is 4.79 Å². The van der Waals surface area contributed by atoms with Crippen LogP contribution in [-0.4, -0.2) is 37.1 Å². The molecule has 0 saturated heterocycles. The van der Waals surface area contributed by atoms with Gasteiger partial charge in [0.15, 0.2) is 5.88 Å². The van der Waals surface area contributed by atoms with E-state index in [9.17, 15) is 4.79 Å². The third-order valence-corrected chi connectivity index (χ3v) is 3.02. The molecule has 0 bridgehead atoms. The Morgan fingerprint density at radius 1 is 1.43 bits per heavy atom. The summed E-state index contributed by atoms with van der Waals surface area (Å²) in [6, 6.07) is 4.98. The number of ether oxygens (including phenoxy) is 2. The average molecular weight is 292 g/mol. The normalized spacial score (nSPS) is 11.6. The molecular weight excluding hydrogens is 272 g/mol. The summed E-state index contributed by atoms with van der Waals surface area (Å²) in [7, 11) is 1.30. The number of esters is 1. The molecule has 21 heavy (non-hydrogen) atoms. The third-order valence-electron chi connectivity index (χ3n) is 3.02. The lowest BCUT2D eigenvalue weighted by Crippen LogP contribution is -2.15. The van der Waals surface area contributed by atoms with Crippen LogP contribution in [0.3, 0.4) is 0 Å². The molecule has 0 unspecified atom stereocenters. The smallest absolute Gasteiger partial charge is 0.337 e. The Morgan fingerprint density at radius 2 is 2.10 bits per heavy atom. The maximum atomic E-state index is 11.6. The van der Waals surface area contributed by atoms with E-state index in [0.29, 0.717) is 16.7 Å². The molecule has 1 aromatic carbocycles. The molecule has 0 radical (unpaired) electrons. The maximum absolute atomic E-state index is 11.6. The molecule has 0 fully saturated rings. The second-order valence-corrected chi connectivity index (χ2v) is 4.46. The highest BCUT2D eigenvalue weighted by Gasteiger charge is 2.14. The van der Waals surface area contributed by atoms with Crippen molar-refractivity contribution in [2.75, 3.05) is 20.3 Å². The maximum Gasteiger partial charge on any atom is 0.337 e. The minimum atomic E-state index is -0.463. The van der Waals surface area contributed by atoms with Gasteiger partial charge >= 0.3 is 5.97 Å². The fourth-order valence-corrected chi connectivity index (χ4v) is 1.73. The first-order valence-corrected chi connectivity index (χ1v) is 6.40. The number of allylic oxidation sites excluding steroid dienone is 1. The van der Waals surface area contributed by atoms with Gasteiger partial charge in [0.25, 0.3) is 0 Å². The van der Waals surface area contributed by atoms with Crippen LogP contribution in [0.5, 0.6) is 0 Å². The number of aliphatic hydroxyl groups excluding tert-OH is 1. The molecule has 0 amide bonds. The van der Waals surface area contributed by atoms with Crippen LogP contribution in [0.2, 0.25) is 0 Å². The summed E-state index contributed by atoms with van der Waals surface area (Å²) in [5.74, 6) is -0.382. The Bertz CT molecular complexity index is 579. The van der Waals surface area contributed by atoms with Gasteiger partial charge in [-0.1, -0.05) is 6.07 Å². The van der Waals surface area contributed by atoms with E-state index in [1.54, 1.807) is 25.1 Å². The summed E-state index contributed by atoms with van der Waals surface area (Å²) in [5, 5.41) is 16.9. The van der Waals surface area contributed by atoms with E-state index in [2.05, 4.69) is 4.74 Å². The van der Waals surface area contributed by atoms with E-state index < -0.39 is 5.97 Å². The highest BCUT2D eigenvalue weighted by atomic mass is 16.5. The number of methoxy groups -OCH3 is 1. The molecule has 0 aliphatic heterocycles. The molecule has 6 nitrogen and oxygen atoms in total. The lowest BCUT2D eigenvalue weighted by atomic mass is 9.97. The Kier molecular flexibility index (Phi) is 5.92. The predicted octanol–water partition coefficient (Wildman–Crippen LogP) is 1.35. The molecule has 0 atom stereocenters. The van der Waals surface area contributed by atoms with Crippen molar-refractivity contribution >= 4 is 11.7 Å². The van der Waals surface area contributed by atoms with Crippen molar-refractivity contribution in [2.45, 2.75) is 13.8 Å². The van der Waals surface area contributed by atoms with Crippen molar-refractivity contribution in [2.24, 2.45) is 5.73 Å². The molecular formula is C15H20N2O4. The fourth-order valence-electron chi connectivity index (χ4n) is 1.73. The molecule has 1 aromatic rings. The van der Waals surface area contributed by atoms with Gasteiger partial charge < -0.3 is 20.3 Å². The Hall–Kier alpha value is -2.34. The zero-order chi connectivity index (χ0) is 16.0. The first kappa shape index (κ1) is 16.7. The van der Waals surface area contributed by atoms with Gasteiger partial charge in [0.2, 0.25) is 0 Å². The summed E-state index contributed by atoms with van der Waals surface area (Å²) in [5.41, 5.74) is 8.11. The molecule has 0 aliphatic rings. The van der Waals surface area contributed by atoms with Crippen LogP contribution in [0.25, 0.3) is 0 Å². The van der Waals surface area contributed by atoms with Gasteiger partial charge in [0.1, 0.15) is 6.61 Å². The molecule has 6 heteroatoms. The lowest BCUT2D eigenvalue weighted by Gasteiger charge is -2.13. The molecule has 0 aromatic heterocycles. The van der Waals surface area contributed by atoms with E-state index in [1.165, 1.54) is 7.11 Å². The summed E-state index contributed by atoms with van der Waals surface area (Å²) < 4.78 is 9.78. The van der Waals surface area contributed by atoms with Gasteiger partial charge in [0, 0.05) is 11.1 Å². The Labute approximate surface area is 123 Å². The van der Waals surface area contributed by atoms with Crippen molar-refractivity contribution in [3.63, 3.8) is 0 Å². The molecule has 0 heterocycles. The van der Waals surface area contributed by atoms with Crippen molar-refractivity contribution < 1.29 is 19.4 Å². The number of hydrogen-bond donors (Lipinski definition) is 3. The Morgan fingerprint density at radius 3 is 2.67 bits per heavy atom. The zero-order valence-electron chi connectivity index (χ0n) is 12.4. The second-order valence-electron chi connectivity index (χ2n) is 4.46. The van der Waals surface area contributed by atoms with Crippen molar-refractivity contribution in [3.05, 3.63) is 46.3 Å². The first-order chi connectivity index (χ1) is 9.92. The Balaban J connectivity index is 3.14. The number of aryl methyl sites for hydroxylation is 1. The van der Waals surface area contributed by atoms with E-state index in [-0.39, 0.29) is 24.8 Å². The number of aliphatic hydroxyl groups is 1. The van der Waals surface area contributed by atoms with Crippen LogP contribution in [0.15, 0.2) is 29.7 Å². The molecule has 0 spiro atoms. The quantitative estimate of drug-likeness (QED) is 0.417. The number of benzene rings is 1. The van der Waals surface area contributed by atoms with Gasteiger partial charge in [-0.3, -0.25) is 5.41 Å². The highest BCUT2D eigenvalue weighted by molar-refractivity contribution is 6.12. The average Bonchev–Trinajstić information content (AvgIpc) is 2.50. The van der Waals surface area contributed by atoms with E-state index in [1.807, 2.05) is 6.92 Å². The number of rotatable bonds is 6. The fraction of sp³-hybridized carbons (Fsp3) is 0.333. The minimum absolute atomic E-state index is 0.0671. The summed E-state index contributed by atoms with van der Waals surface area (Å²) >= 11 is 0. The highest BCUT2D eigenvalue weighted by Crippen LogP contribution is 2.17. The number of nitrogens with two attached hydrogens (primary N) is 1. The number of carbonyl (C=O) groups excluding carboxylic acids is 1. The van der Waals surface area contributed by atoms with Gasteiger partial charge in [-0.15, -0.1) is 0 Å². The van der Waals surface area contributed by atoms with E-state index in [4.69, 9.17) is 21.0 Å². The van der Waals surface area contributed by atoms with E-state index >= 15 is 0 Å². The monoisotopic (exact) mass is 292 g/mol. The van der Waals surface area contributed by atoms with Crippen molar-refractivity contribution in [1.82, 2.24) is 0 Å². The third kappa shape index (κ3) is 4.06. The van der Waals surface area contributed by atoms with Crippen LogP contribution in [0.1, 0.15) is 28.4 Å². The van der Waals surface area contributed by atoms with E-state index in [0.717, 1.165) is 5.56 Å². The molecule has 0 saturated carbocycles. The molecule has 4 N–H and O–H groups in total. The predicted molar refractivity (Wildman–Crippen MR) is 79.3 cm³/mol. The van der Waals surface area contributed by atoms with Crippen molar-refractivity contribution in [3.8, 4) is 0 Å². The number of nitrogens with one attached hydrogen (secondary N) is 1. The van der Waals surface area contributed by atoms with Gasteiger partial charge in [0.05, 0.1) is 25.0 Å². The summed E-state index contributed by atoms with van der Waals surface area (Å²) in [6.45, 7) is 3.40. The molecule has 0 aliphatic carbocycles. The zero-order valence-corrected chi connectivity index (χ0v) is 12.4. The topological polar surface area (TPSA) is 106 Å². The second kappa shape index (κ2) is 7.44. The van der Waals surface area contributed by atoms with Crippen molar-refractivity contribution in [1.29, 1.82) is 5.41 Å². The number of carbonyl (C=O) groups is 1. The van der Waals surface area contributed by atoms with Crippen LogP contribution >= 0.6 is 0 Å². The largest absolute Gasteiger partial charge is 0.477 e. The standard InChI is InChI=1S/C15H20N2O4/c1-9-4-5-11(15(19)20-3)8-12(9)13(16)10(2)14(17)21-7-6-18/h4-5,8,16,18H,6-7,17H2,1-3H3/b14-10+,16-13?. The molecule has 114 valence electrons. The minimum Gasteiger partial charge on any atom is -0.477 e. The SMILES string of the molecule is COC(=O)c1ccc(C)c(C(=N)/C(C)=C(\N)OCCO)c1. The van der Waals surface area contributed by atoms with Gasteiger partial charge in [-0.05, 0) is 31.5 Å². The van der Waals surface area contributed by atoms with Crippen LogP contribution < -0.4 is 5.73 Å². The number of hydrogen-bond acceptors (Lipinski definition) is 6. The first-order valence-electron chi connectivity index (χ1n) is 6.40. The van der Waals surface area contributed by atoms with Crippen LogP contribution in [0.4, 0.5) is 0 Å². The van der Waals surface area contributed by atoms with Crippen LogP contribution in [0, 0.1) is 12.3 Å². The lowest BCUT2D eigenvalue weighted by molar-refractivity contribution is 0.0600.